The largest absolute Gasteiger partial charge is 0.103 e. The summed E-state index contributed by atoms with van der Waals surface area (Å²) < 4.78 is 0. The molecule has 0 aromatic rings. The molecule has 86 valence electrons. The topological polar surface area (TPSA) is 0 Å². The van der Waals surface area contributed by atoms with Gasteiger partial charge in [-0.2, -0.15) is 0 Å². The van der Waals surface area contributed by atoms with Crippen LogP contribution in [0.5, 0.6) is 0 Å². The highest BCUT2D eigenvalue weighted by Gasteiger charge is 2.24. The van der Waals surface area contributed by atoms with Crippen LogP contribution in [0.15, 0.2) is 36.0 Å². The molecule has 1 atom stereocenters. The van der Waals surface area contributed by atoms with Crippen molar-refractivity contribution in [2.45, 2.75) is 48.0 Å². The van der Waals surface area contributed by atoms with Gasteiger partial charge in [-0.15, -0.1) is 6.58 Å². The van der Waals surface area contributed by atoms with Crippen LogP contribution >= 0.6 is 0 Å². The molecule has 0 aliphatic carbocycles. The summed E-state index contributed by atoms with van der Waals surface area (Å²) in [7, 11) is 0. The van der Waals surface area contributed by atoms with Crippen LogP contribution in [0, 0.1) is 11.3 Å². The number of allylic oxidation sites excluding steroid dienone is 5. The maximum Gasteiger partial charge on any atom is -0.0112 e. The SMILES string of the molecule is C=CCC(C)=C(C)C(C)C(C)(C)C=CC. The third-order valence-electron chi connectivity index (χ3n) is 3.49. The lowest BCUT2D eigenvalue weighted by molar-refractivity contribution is 0.349. The second-order valence-corrected chi connectivity index (χ2v) is 5.00. The van der Waals surface area contributed by atoms with Gasteiger partial charge in [-0.1, -0.05) is 50.1 Å². The fourth-order valence-electron chi connectivity index (χ4n) is 1.88. The second kappa shape index (κ2) is 5.95. The van der Waals surface area contributed by atoms with Gasteiger partial charge >= 0.3 is 0 Å². The molecule has 0 fully saturated rings. The zero-order valence-electron chi connectivity index (χ0n) is 11.2. The molecule has 1 unspecified atom stereocenters. The van der Waals surface area contributed by atoms with Crippen molar-refractivity contribution >= 4 is 0 Å². The third kappa shape index (κ3) is 4.07. The summed E-state index contributed by atoms with van der Waals surface area (Å²) in [5.41, 5.74) is 3.19. The fourth-order valence-corrected chi connectivity index (χ4v) is 1.88. The number of hydrogen-bond donors (Lipinski definition) is 0. The Labute approximate surface area is 95.8 Å². The first-order chi connectivity index (χ1) is 6.86. The van der Waals surface area contributed by atoms with Crippen molar-refractivity contribution in [3.05, 3.63) is 36.0 Å². The predicted octanol–water partition coefficient (Wildman–Crippen LogP) is 5.14. The van der Waals surface area contributed by atoms with Crippen LogP contribution in [0.4, 0.5) is 0 Å². The van der Waals surface area contributed by atoms with Gasteiger partial charge in [0.05, 0.1) is 0 Å². The summed E-state index contributed by atoms with van der Waals surface area (Å²) >= 11 is 0. The average molecular weight is 206 g/mol. The molecule has 0 spiro atoms. The molecule has 0 saturated carbocycles. The summed E-state index contributed by atoms with van der Waals surface area (Å²) in [4.78, 5) is 0. The van der Waals surface area contributed by atoms with E-state index >= 15 is 0 Å². The van der Waals surface area contributed by atoms with Crippen molar-refractivity contribution in [2.24, 2.45) is 11.3 Å². The van der Waals surface area contributed by atoms with E-state index in [-0.39, 0.29) is 5.41 Å². The third-order valence-corrected chi connectivity index (χ3v) is 3.49. The first-order valence-corrected chi connectivity index (χ1v) is 5.77. The highest BCUT2D eigenvalue weighted by Crippen LogP contribution is 2.35. The van der Waals surface area contributed by atoms with Gasteiger partial charge in [-0.05, 0) is 38.5 Å². The standard InChI is InChI=1S/C15H26/c1-8-10-12(3)13(4)14(5)15(6,7)11-9-2/h8-9,11,14H,1,10H2,2-7H3. The van der Waals surface area contributed by atoms with Crippen LogP contribution in [-0.4, -0.2) is 0 Å². The molecule has 0 radical (unpaired) electrons. The van der Waals surface area contributed by atoms with Crippen LogP contribution in [0.1, 0.15) is 48.0 Å². The molecule has 0 rings (SSSR count). The Kier molecular flexibility index (Phi) is 5.64. The monoisotopic (exact) mass is 206 g/mol. The van der Waals surface area contributed by atoms with Crippen LogP contribution < -0.4 is 0 Å². The van der Waals surface area contributed by atoms with E-state index in [1.807, 2.05) is 6.08 Å². The second-order valence-electron chi connectivity index (χ2n) is 5.00. The van der Waals surface area contributed by atoms with Crippen molar-refractivity contribution in [1.82, 2.24) is 0 Å². The molecule has 0 amide bonds. The minimum Gasteiger partial charge on any atom is -0.103 e. The molecule has 0 N–H and O–H groups in total. The molecule has 0 bridgehead atoms. The van der Waals surface area contributed by atoms with Crippen LogP contribution in [0.25, 0.3) is 0 Å². The van der Waals surface area contributed by atoms with E-state index in [4.69, 9.17) is 0 Å². The van der Waals surface area contributed by atoms with Gasteiger partial charge in [0.2, 0.25) is 0 Å². The first-order valence-electron chi connectivity index (χ1n) is 5.77. The molecule has 0 nitrogen and oxygen atoms in total. The van der Waals surface area contributed by atoms with E-state index in [1.165, 1.54) is 11.1 Å². The van der Waals surface area contributed by atoms with Crippen LogP contribution in [-0.2, 0) is 0 Å². The number of rotatable bonds is 5. The van der Waals surface area contributed by atoms with Gasteiger partial charge < -0.3 is 0 Å². The lowest BCUT2D eigenvalue weighted by atomic mass is 9.74. The number of hydrogen-bond acceptors (Lipinski definition) is 0. The maximum absolute atomic E-state index is 3.79. The smallest absolute Gasteiger partial charge is 0.0112 e. The lowest BCUT2D eigenvalue weighted by Gasteiger charge is -2.30. The van der Waals surface area contributed by atoms with Gasteiger partial charge in [-0.3, -0.25) is 0 Å². The molecule has 0 aliphatic rings. The van der Waals surface area contributed by atoms with E-state index < -0.39 is 0 Å². The van der Waals surface area contributed by atoms with Crippen LogP contribution in [0.3, 0.4) is 0 Å². The van der Waals surface area contributed by atoms with Crippen LogP contribution in [0.2, 0.25) is 0 Å². The molecule has 0 heterocycles. The van der Waals surface area contributed by atoms with E-state index in [9.17, 15) is 0 Å². The Morgan fingerprint density at radius 3 is 2.27 bits per heavy atom. The van der Waals surface area contributed by atoms with E-state index in [0.29, 0.717) is 5.92 Å². The van der Waals surface area contributed by atoms with E-state index in [2.05, 4.69) is 60.3 Å². The van der Waals surface area contributed by atoms with Crippen molar-refractivity contribution in [3.63, 3.8) is 0 Å². The highest BCUT2D eigenvalue weighted by atomic mass is 14.3. The molecular weight excluding hydrogens is 180 g/mol. The van der Waals surface area contributed by atoms with Gasteiger partial charge in [0.25, 0.3) is 0 Å². The normalized spacial score (nSPS) is 16.4. The van der Waals surface area contributed by atoms with Gasteiger partial charge in [-0.25, -0.2) is 0 Å². The maximum atomic E-state index is 3.79. The minimum atomic E-state index is 0.237. The molecule has 0 saturated heterocycles. The Bertz CT molecular complexity index is 264. The Morgan fingerprint density at radius 1 is 1.33 bits per heavy atom. The molecule has 15 heavy (non-hydrogen) atoms. The van der Waals surface area contributed by atoms with Gasteiger partial charge in [0.1, 0.15) is 0 Å². The van der Waals surface area contributed by atoms with Crippen molar-refractivity contribution in [2.75, 3.05) is 0 Å². The van der Waals surface area contributed by atoms with Crippen molar-refractivity contribution in [1.29, 1.82) is 0 Å². The Balaban J connectivity index is 4.91. The van der Waals surface area contributed by atoms with Gasteiger partial charge in [0, 0.05) is 0 Å². The van der Waals surface area contributed by atoms with E-state index in [1.54, 1.807) is 0 Å². The van der Waals surface area contributed by atoms with Gasteiger partial charge in [0.15, 0.2) is 0 Å². The lowest BCUT2D eigenvalue weighted by Crippen LogP contribution is -2.20. The summed E-state index contributed by atoms with van der Waals surface area (Å²) in [5.74, 6) is 0.577. The minimum absolute atomic E-state index is 0.237. The molecule has 0 heteroatoms. The zero-order valence-corrected chi connectivity index (χ0v) is 11.2. The molecular formula is C15H26. The fraction of sp³-hybridized carbons (Fsp3) is 0.600. The molecule has 0 aromatic carbocycles. The summed E-state index contributed by atoms with van der Waals surface area (Å²) in [6, 6.07) is 0. The summed E-state index contributed by atoms with van der Waals surface area (Å²) in [5, 5.41) is 0. The average Bonchev–Trinajstić information content (AvgIpc) is 2.15. The Morgan fingerprint density at radius 2 is 1.87 bits per heavy atom. The molecule has 0 aromatic heterocycles. The summed E-state index contributed by atoms with van der Waals surface area (Å²) in [6.07, 6.45) is 7.42. The highest BCUT2D eigenvalue weighted by molar-refractivity contribution is 5.19. The van der Waals surface area contributed by atoms with E-state index in [0.717, 1.165) is 6.42 Å². The summed E-state index contributed by atoms with van der Waals surface area (Å²) in [6.45, 7) is 17.2. The first kappa shape index (κ1) is 14.2. The quantitative estimate of drug-likeness (QED) is 0.546. The van der Waals surface area contributed by atoms with Crippen molar-refractivity contribution < 1.29 is 0 Å². The Hall–Kier alpha value is -0.780. The molecule has 0 aliphatic heterocycles. The zero-order chi connectivity index (χ0) is 12.1. The predicted molar refractivity (Wildman–Crippen MR) is 70.9 cm³/mol. The van der Waals surface area contributed by atoms with Crippen molar-refractivity contribution in [3.8, 4) is 0 Å².